The Bertz CT molecular complexity index is 1800. The van der Waals surface area contributed by atoms with E-state index in [2.05, 4.69) is 97.9 Å². The lowest BCUT2D eigenvalue weighted by molar-refractivity contribution is 0.670. The highest BCUT2D eigenvalue weighted by Gasteiger charge is 2.15. The van der Waals surface area contributed by atoms with Crippen LogP contribution < -0.4 is 0 Å². The summed E-state index contributed by atoms with van der Waals surface area (Å²) in [7, 11) is 0. The van der Waals surface area contributed by atoms with Gasteiger partial charge in [0.1, 0.15) is 11.2 Å². The summed E-state index contributed by atoms with van der Waals surface area (Å²) in [6.45, 7) is 2.16. The van der Waals surface area contributed by atoms with Crippen molar-refractivity contribution < 1.29 is 4.42 Å². The molecule has 0 aliphatic carbocycles. The van der Waals surface area contributed by atoms with Crippen molar-refractivity contribution in [3.63, 3.8) is 0 Å². The van der Waals surface area contributed by atoms with E-state index in [1.54, 1.807) is 0 Å². The molecule has 0 spiro atoms. The summed E-state index contributed by atoms with van der Waals surface area (Å²) < 4.78 is 6.35. The maximum atomic E-state index is 6.35. The minimum Gasteiger partial charge on any atom is -0.456 e. The Kier molecular flexibility index (Phi) is 2.99. The van der Waals surface area contributed by atoms with E-state index < -0.39 is 0 Å². The van der Waals surface area contributed by atoms with Gasteiger partial charge in [-0.1, -0.05) is 78.4 Å². The molecule has 0 bridgehead atoms. The van der Waals surface area contributed by atoms with Gasteiger partial charge in [-0.3, -0.25) is 0 Å². The number of fused-ring (bicyclic) bond motifs is 11. The number of rotatable bonds is 0. The Balaban J connectivity index is 1.78. The molecule has 7 rings (SSSR count). The fraction of sp³-hybridized carbons (Fsp3) is 0.0345. The van der Waals surface area contributed by atoms with Gasteiger partial charge in [-0.2, -0.15) is 0 Å². The molecule has 0 unspecified atom stereocenters. The molecule has 1 heteroatoms. The third kappa shape index (κ3) is 2.02. The summed E-state index contributed by atoms with van der Waals surface area (Å²) in [5, 5.41) is 12.6. The first kappa shape index (κ1) is 16.0. The fourth-order valence-corrected chi connectivity index (χ4v) is 5.11. The highest BCUT2D eigenvalue weighted by molar-refractivity contribution is 6.29. The van der Waals surface area contributed by atoms with Gasteiger partial charge in [0.25, 0.3) is 0 Å². The SMILES string of the molecule is Cc1ccc2c(c1)c1ccccc1c1cc3c(cc21)oc1ccc2ccccc2c13. The Morgan fingerprint density at radius 2 is 1.13 bits per heavy atom. The highest BCUT2D eigenvalue weighted by Crippen LogP contribution is 2.41. The first-order chi connectivity index (χ1) is 14.8. The average molecular weight is 382 g/mol. The second kappa shape index (κ2) is 5.61. The zero-order valence-electron chi connectivity index (χ0n) is 16.6. The topological polar surface area (TPSA) is 13.1 Å². The minimum atomic E-state index is 0.948. The largest absolute Gasteiger partial charge is 0.456 e. The second-order valence-corrected chi connectivity index (χ2v) is 8.25. The molecule has 140 valence electrons. The first-order valence-corrected chi connectivity index (χ1v) is 10.4. The number of hydrogen-bond acceptors (Lipinski definition) is 1. The molecule has 7 aromatic rings. The molecule has 0 saturated heterocycles. The van der Waals surface area contributed by atoms with Gasteiger partial charge in [0, 0.05) is 10.8 Å². The lowest BCUT2D eigenvalue weighted by Crippen LogP contribution is -1.84. The van der Waals surface area contributed by atoms with E-state index in [4.69, 9.17) is 4.42 Å². The summed E-state index contributed by atoms with van der Waals surface area (Å²) in [5.41, 5.74) is 3.18. The summed E-state index contributed by atoms with van der Waals surface area (Å²) >= 11 is 0. The summed E-state index contributed by atoms with van der Waals surface area (Å²) in [5.74, 6) is 0. The van der Waals surface area contributed by atoms with Crippen molar-refractivity contribution in [2.24, 2.45) is 0 Å². The van der Waals surface area contributed by atoms with Gasteiger partial charge < -0.3 is 4.42 Å². The van der Waals surface area contributed by atoms with Crippen LogP contribution >= 0.6 is 0 Å². The third-order valence-corrected chi connectivity index (χ3v) is 6.47. The zero-order valence-corrected chi connectivity index (χ0v) is 16.6. The molecule has 0 radical (unpaired) electrons. The molecule has 1 aromatic heterocycles. The van der Waals surface area contributed by atoms with Gasteiger partial charge in [0.15, 0.2) is 0 Å². The molecule has 0 saturated carbocycles. The van der Waals surface area contributed by atoms with Crippen molar-refractivity contribution in [1.29, 1.82) is 0 Å². The number of furan rings is 1. The molecular weight excluding hydrogens is 364 g/mol. The van der Waals surface area contributed by atoms with Crippen molar-refractivity contribution in [1.82, 2.24) is 0 Å². The standard InChI is InChI=1S/C29H18O/c1-17-10-12-22-23(14-17)20-8-4-5-9-21(20)24-15-26-28(16-25(22)24)30-27-13-11-18-6-2-3-7-19(18)29(26)27/h2-16H,1H3. The van der Waals surface area contributed by atoms with Gasteiger partial charge in [-0.25, -0.2) is 0 Å². The quantitative estimate of drug-likeness (QED) is 0.240. The highest BCUT2D eigenvalue weighted by atomic mass is 16.3. The van der Waals surface area contributed by atoms with Crippen LogP contribution in [-0.4, -0.2) is 0 Å². The molecule has 0 amide bonds. The van der Waals surface area contributed by atoms with E-state index >= 15 is 0 Å². The zero-order chi connectivity index (χ0) is 19.8. The molecule has 0 N–H and O–H groups in total. The second-order valence-electron chi connectivity index (χ2n) is 8.25. The Labute approximate surface area is 173 Å². The van der Waals surface area contributed by atoms with Crippen LogP contribution in [0.25, 0.3) is 65.0 Å². The molecule has 0 aliphatic heterocycles. The van der Waals surface area contributed by atoms with Crippen LogP contribution in [0.3, 0.4) is 0 Å². The first-order valence-electron chi connectivity index (χ1n) is 10.4. The van der Waals surface area contributed by atoms with Crippen LogP contribution in [0.1, 0.15) is 5.56 Å². The van der Waals surface area contributed by atoms with Gasteiger partial charge in [0.2, 0.25) is 0 Å². The Morgan fingerprint density at radius 1 is 0.467 bits per heavy atom. The van der Waals surface area contributed by atoms with E-state index in [1.165, 1.54) is 59.4 Å². The van der Waals surface area contributed by atoms with Crippen LogP contribution in [0, 0.1) is 6.92 Å². The van der Waals surface area contributed by atoms with E-state index in [9.17, 15) is 0 Å². The van der Waals surface area contributed by atoms with Crippen LogP contribution in [0.15, 0.2) is 95.4 Å². The molecule has 1 heterocycles. The fourth-order valence-electron chi connectivity index (χ4n) is 5.11. The summed E-state index contributed by atoms with van der Waals surface area (Å²) in [6, 6.07) is 32.9. The van der Waals surface area contributed by atoms with Crippen molar-refractivity contribution in [2.45, 2.75) is 6.92 Å². The predicted octanol–water partition coefficient (Wildman–Crippen LogP) is 8.51. The van der Waals surface area contributed by atoms with Crippen molar-refractivity contribution in [3.05, 3.63) is 96.6 Å². The number of aryl methyl sites for hydroxylation is 1. The summed E-state index contributed by atoms with van der Waals surface area (Å²) in [6.07, 6.45) is 0. The number of benzene rings is 6. The lowest BCUT2D eigenvalue weighted by Gasteiger charge is -2.11. The lowest BCUT2D eigenvalue weighted by atomic mass is 9.92. The van der Waals surface area contributed by atoms with Crippen LogP contribution in [0.2, 0.25) is 0 Å². The summed E-state index contributed by atoms with van der Waals surface area (Å²) in [4.78, 5) is 0. The molecule has 30 heavy (non-hydrogen) atoms. The normalized spacial score (nSPS) is 12.2. The molecule has 0 atom stereocenters. The molecule has 0 fully saturated rings. The molecular formula is C29H18O. The minimum absolute atomic E-state index is 0.948. The van der Waals surface area contributed by atoms with Gasteiger partial charge in [-0.05, 0) is 68.2 Å². The van der Waals surface area contributed by atoms with E-state index in [1.807, 2.05) is 0 Å². The maximum Gasteiger partial charge on any atom is 0.136 e. The number of hydrogen-bond donors (Lipinski definition) is 0. The van der Waals surface area contributed by atoms with Gasteiger partial charge in [0.05, 0.1) is 0 Å². The van der Waals surface area contributed by atoms with E-state index in [0.717, 1.165) is 11.2 Å². The van der Waals surface area contributed by atoms with Crippen LogP contribution in [0.5, 0.6) is 0 Å². The Hall–Kier alpha value is -3.84. The smallest absolute Gasteiger partial charge is 0.136 e. The average Bonchev–Trinajstić information content (AvgIpc) is 3.16. The van der Waals surface area contributed by atoms with Crippen molar-refractivity contribution in [2.75, 3.05) is 0 Å². The van der Waals surface area contributed by atoms with Crippen molar-refractivity contribution >= 4 is 65.0 Å². The predicted molar refractivity (Wildman–Crippen MR) is 128 cm³/mol. The molecule has 1 nitrogen and oxygen atoms in total. The van der Waals surface area contributed by atoms with Crippen LogP contribution in [-0.2, 0) is 0 Å². The molecule has 0 aliphatic rings. The molecule has 6 aromatic carbocycles. The monoisotopic (exact) mass is 382 g/mol. The van der Waals surface area contributed by atoms with Gasteiger partial charge >= 0.3 is 0 Å². The van der Waals surface area contributed by atoms with E-state index in [0.29, 0.717) is 0 Å². The Morgan fingerprint density at radius 3 is 1.97 bits per heavy atom. The van der Waals surface area contributed by atoms with Crippen molar-refractivity contribution in [3.8, 4) is 0 Å². The maximum absolute atomic E-state index is 6.35. The van der Waals surface area contributed by atoms with E-state index in [-0.39, 0.29) is 0 Å². The third-order valence-electron chi connectivity index (χ3n) is 6.47. The van der Waals surface area contributed by atoms with Gasteiger partial charge in [-0.15, -0.1) is 0 Å². The van der Waals surface area contributed by atoms with Crippen LogP contribution in [0.4, 0.5) is 0 Å².